The Balaban J connectivity index is 1.83. The summed E-state index contributed by atoms with van der Waals surface area (Å²) in [6.07, 6.45) is -2.68. The molecule has 0 bridgehead atoms. The minimum absolute atomic E-state index is 0.286. The molecule has 8 heteroatoms. The van der Waals surface area contributed by atoms with E-state index in [9.17, 15) is 10.2 Å². The molecule has 0 amide bonds. The maximum atomic E-state index is 10.5. The predicted octanol–water partition coefficient (Wildman–Crippen LogP) is 3.12. The Hall–Kier alpha value is -2.06. The Labute approximate surface area is 161 Å². The first-order chi connectivity index (χ1) is 13.2. The van der Waals surface area contributed by atoms with Gasteiger partial charge in [0.05, 0.1) is 25.4 Å². The van der Waals surface area contributed by atoms with E-state index in [1.807, 2.05) is 60.7 Å². The first-order valence-corrected chi connectivity index (χ1v) is 9.46. The Bertz CT molecular complexity index is 758. The summed E-state index contributed by atoms with van der Waals surface area (Å²) in [6, 6.07) is 18.3. The van der Waals surface area contributed by atoms with Crippen LogP contribution in [0, 0.1) is 0 Å². The molecule has 3 rings (SSSR count). The highest BCUT2D eigenvalue weighted by molar-refractivity contribution is 7.99. The maximum absolute atomic E-state index is 10.5. The van der Waals surface area contributed by atoms with Crippen LogP contribution in [0.5, 0.6) is 0 Å². The highest BCUT2D eigenvalue weighted by atomic mass is 32.2. The largest absolute Gasteiger partial charge is 0.394 e. The van der Waals surface area contributed by atoms with E-state index in [0.29, 0.717) is 0 Å². The number of thioether (sulfide) groups is 1. The summed E-state index contributed by atoms with van der Waals surface area (Å²) in [6.45, 7) is -0.0927. The third kappa shape index (κ3) is 5.01. The van der Waals surface area contributed by atoms with Crippen molar-refractivity contribution in [2.45, 2.75) is 41.3 Å². The lowest BCUT2D eigenvalue weighted by Crippen LogP contribution is -2.57. The minimum atomic E-state index is -1.15. The number of azide groups is 1. The summed E-state index contributed by atoms with van der Waals surface area (Å²) in [5.41, 5.74) is 9.36. The molecule has 1 aliphatic rings. The van der Waals surface area contributed by atoms with Gasteiger partial charge in [0.2, 0.25) is 0 Å². The van der Waals surface area contributed by atoms with Gasteiger partial charge >= 0.3 is 0 Å². The highest BCUT2D eigenvalue weighted by Crippen LogP contribution is 2.36. The van der Waals surface area contributed by atoms with Crippen LogP contribution in [0.15, 0.2) is 70.7 Å². The van der Waals surface area contributed by atoms with E-state index < -0.39 is 29.8 Å². The van der Waals surface area contributed by atoms with Crippen molar-refractivity contribution in [1.29, 1.82) is 0 Å². The normalized spacial score (nSPS) is 27.7. The van der Waals surface area contributed by atoms with Crippen molar-refractivity contribution in [3.05, 3.63) is 76.7 Å². The molecule has 0 spiro atoms. The molecule has 2 unspecified atom stereocenters. The molecule has 0 aliphatic carbocycles. The molecule has 1 heterocycles. The van der Waals surface area contributed by atoms with Crippen LogP contribution >= 0.6 is 11.8 Å². The van der Waals surface area contributed by atoms with Crippen molar-refractivity contribution >= 4 is 11.8 Å². The highest BCUT2D eigenvalue weighted by Gasteiger charge is 2.45. The van der Waals surface area contributed by atoms with Crippen LogP contribution in [0.4, 0.5) is 0 Å². The summed E-state index contributed by atoms with van der Waals surface area (Å²) < 4.78 is 11.9. The molecule has 1 saturated heterocycles. The molecule has 2 N–H and O–H groups in total. The summed E-state index contributed by atoms with van der Waals surface area (Å²) in [4.78, 5) is 3.81. The van der Waals surface area contributed by atoms with Gasteiger partial charge in [-0.05, 0) is 23.2 Å². The van der Waals surface area contributed by atoms with Crippen molar-refractivity contribution in [2.75, 3.05) is 6.61 Å². The van der Waals surface area contributed by atoms with E-state index in [0.717, 1.165) is 10.5 Å². The fraction of sp³-hybridized carbons (Fsp3) is 0.368. The zero-order chi connectivity index (χ0) is 19.1. The Kier molecular flexibility index (Phi) is 7.11. The SMILES string of the molecule is [N-]=[N+]=NC1[C@H](O)C(CO)O[C@H](Sc2ccccc2)[C@H]1OCc1ccccc1. The maximum Gasteiger partial charge on any atom is 0.134 e. The first kappa shape index (κ1) is 19.7. The fourth-order valence-electron chi connectivity index (χ4n) is 2.92. The molecule has 0 aromatic heterocycles. The Morgan fingerprint density at radius 2 is 1.78 bits per heavy atom. The number of hydrogen-bond acceptors (Lipinski definition) is 6. The van der Waals surface area contributed by atoms with Gasteiger partial charge in [0.25, 0.3) is 0 Å². The molecular formula is C19H21N3O4S. The quantitative estimate of drug-likeness (QED) is 0.431. The molecule has 2 aromatic carbocycles. The van der Waals surface area contributed by atoms with Gasteiger partial charge in [0.1, 0.15) is 17.6 Å². The fourth-order valence-corrected chi connectivity index (χ4v) is 4.08. The van der Waals surface area contributed by atoms with Gasteiger partial charge in [-0.2, -0.15) is 0 Å². The van der Waals surface area contributed by atoms with Crippen LogP contribution < -0.4 is 0 Å². The topological polar surface area (TPSA) is 108 Å². The van der Waals surface area contributed by atoms with Gasteiger partial charge in [0.15, 0.2) is 0 Å². The summed E-state index contributed by atoms with van der Waals surface area (Å²) >= 11 is 1.41. The van der Waals surface area contributed by atoms with Gasteiger partial charge in [0, 0.05) is 9.81 Å². The number of aliphatic hydroxyl groups is 2. The van der Waals surface area contributed by atoms with Gasteiger partial charge in [-0.3, -0.25) is 0 Å². The third-order valence-corrected chi connectivity index (χ3v) is 5.45. The van der Waals surface area contributed by atoms with E-state index in [-0.39, 0.29) is 13.2 Å². The molecule has 5 atom stereocenters. The lowest BCUT2D eigenvalue weighted by molar-refractivity contribution is -0.177. The van der Waals surface area contributed by atoms with Crippen LogP contribution in [0.1, 0.15) is 5.56 Å². The van der Waals surface area contributed by atoms with Crippen molar-refractivity contribution in [3.8, 4) is 0 Å². The van der Waals surface area contributed by atoms with Gasteiger partial charge in [-0.25, -0.2) is 0 Å². The molecule has 142 valence electrons. The molecule has 1 aliphatic heterocycles. The van der Waals surface area contributed by atoms with Crippen LogP contribution in [0.25, 0.3) is 10.4 Å². The zero-order valence-electron chi connectivity index (χ0n) is 14.5. The second-order valence-electron chi connectivity index (χ2n) is 6.10. The molecule has 1 fully saturated rings. The van der Waals surface area contributed by atoms with E-state index in [1.54, 1.807) is 0 Å². The number of rotatable bonds is 7. The van der Waals surface area contributed by atoms with Crippen molar-refractivity contribution in [1.82, 2.24) is 0 Å². The number of hydrogen-bond donors (Lipinski definition) is 2. The number of benzene rings is 2. The van der Waals surface area contributed by atoms with E-state index in [2.05, 4.69) is 10.0 Å². The average molecular weight is 387 g/mol. The summed E-state index contributed by atoms with van der Waals surface area (Å²) in [5, 5.41) is 23.8. The van der Waals surface area contributed by atoms with Gasteiger partial charge < -0.3 is 19.7 Å². The molecule has 2 aromatic rings. The second kappa shape index (κ2) is 9.75. The smallest absolute Gasteiger partial charge is 0.134 e. The predicted molar refractivity (Wildman–Crippen MR) is 102 cm³/mol. The molecule has 0 radical (unpaired) electrons. The van der Waals surface area contributed by atoms with Crippen LogP contribution in [-0.4, -0.2) is 46.6 Å². The van der Waals surface area contributed by atoms with E-state index in [1.165, 1.54) is 11.8 Å². The molecule has 0 saturated carbocycles. The first-order valence-electron chi connectivity index (χ1n) is 8.58. The lowest BCUT2D eigenvalue weighted by atomic mass is 9.98. The van der Waals surface area contributed by atoms with Crippen LogP contribution in [-0.2, 0) is 16.1 Å². The summed E-state index contributed by atoms with van der Waals surface area (Å²) in [5.74, 6) is 0. The Morgan fingerprint density at radius 3 is 2.41 bits per heavy atom. The van der Waals surface area contributed by atoms with Gasteiger partial charge in [-0.1, -0.05) is 65.4 Å². The molecule has 7 nitrogen and oxygen atoms in total. The standard InChI is InChI=1S/C19H21N3O4S/c20-22-21-16-17(24)15(11-23)26-19(27-14-9-5-2-6-10-14)18(16)25-12-13-7-3-1-4-8-13/h1-10,15-19,23-24H,11-12H2/t15?,16?,17-,18+,19-/m1/s1. The minimum Gasteiger partial charge on any atom is -0.394 e. The number of nitrogens with zero attached hydrogens (tertiary/aromatic N) is 3. The van der Waals surface area contributed by atoms with Crippen molar-refractivity contribution in [2.24, 2.45) is 5.11 Å². The lowest BCUT2D eigenvalue weighted by Gasteiger charge is -2.42. The number of aliphatic hydroxyl groups excluding tert-OH is 2. The van der Waals surface area contributed by atoms with Crippen molar-refractivity contribution < 1.29 is 19.7 Å². The van der Waals surface area contributed by atoms with E-state index >= 15 is 0 Å². The Morgan fingerprint density at radius 1 is 1.11 bits per heavy atom. The average Bonchev–Trinajstić information content (AvgIpc) is 2.71. The van der Waals surface area contributed by atoms with Crippen LogP contribution in [0.3, 0.4) is 0 Å². The zero-order valence-corrected chi connectivity index (χ0v) is 15.4. The van der Waals surface area contributed by atoms with E-state index in [4.69, 9.17) is 15.0 Å². The monoisotopic (exact) mass is 387 g/mol. The van der Waals surface area contributed by atoms with Crippen LogP contribution in [0.2, 0.25) is 0 Å². The van der Waals surface area contributed by atoms with Gasteiger partial charge in [-0.15, -0.1) is 0 Å². The van der Waals surface area contributed by atoms with Crippen molar-refractivity contribution in [3.63, 3.8) is 0 Å². The number of ether oxygens (including phenoxy) is 2. The molecular weight excluding hydrogens is 366 g/mol. The second-order valence-corrected chi connectivity index (χ2v) is 7.28. The summed E-state index contributed by atoms with van der Waals surface area (Å²) in [7, 11) is 0. The molecule has 27 heavy (non-hydrogen) atoms. The third-order valence-electron chi connectivity index (χ3n) is 4.29.